The molecule has 2 N–H and O–H groups in total. The van der Waals surface area contributed by atoms with Crippen molar-refractivity contribution in [1.82, 2.24) is 9.71 Å². The molecule has 1 aromatic heterocycles. The molecule has 0 saturated carbocycles. The number of hydrogen-bond donors (Lipinski definition) is 2. The van der Waals surface area contributed by atoms with Crippen LogP contribution in [0, 0.1) is 12.7 Å². The first-order chi connectivity index (χ1) is 9.79. The molecule has 0 radical (unpaired) electrons. The Kier molecular flexibility index (Phi) is 4.35. The molecule has 0 atom stereocenters. The maximum absolute atomic E-state index is 13.6. The summed E-state index contributed by atoms with van der Waals surface area (Å²) in [7, 11) is -4.16. The van der Waals surface area contributed by atoms with Crippen molar-refractivity contribution >= 4 is 27.3 Å². The van der Waals surface area contributed by atoms with Crippen LogP contribution in [0.15, 0.2) is 28.5 Å². The number of benzene rings is 1. The van der Waals surface area contributed by atoms with Gasteiger partial charge in [-0.1, -0.05) is 0 Å². The van der Waals surface area contributed by atoms with Gasteiger partial charge in [-0.25, -0.2) is 27.3 Å². The second-order valence-electron chi connectivity index (χ2n) is 4.16. The van der Waals surface area contributed by atoms with E-state index in [9.17, 15) is 17.6 Å². The summed E-state index contributed by atoms with van der Waals surface area (Å²) in [4.78, 5) is 14.2. The Bertz CT molecular complexity index is 786. The van der Waals surface area contributed by atoms with E-state index < -0.39 is 26.7 Å². The van der Waals surface area contributed by atoms with Gasteiger partial charge in [0, 0.05) is 11.1 Å². The summed E-state index contributed by atoms with van der Waals surface area (Å²) < 4.78 is 39.9. The minimum absolute atomic E-state index is 0.0857. The fourth-order valence-electron chi connectivity index (χ4n) is 1.56. The predicted molar refractivity (Wildman–Crippen MR) is 74.2 cm³/mol. The van der Waals surface area contributed by atoms with Crippen molar-refractivity contribution < 1.29 is 22.7 Å². The highest BCUT2D eigenvalue weighted by Crippen LogP contribution is 2.17. The summed E-state index contributed by atoms with van der Waals surface area (Å²) in [6.45, 7) is 1.68. The monoisotopic (exact) mass is 330 g/mol. The van der Waals surface area contributed by atoms with E-state index in [4.69, 9.17) is 5.11 Å². The third-order valence-electron chi connectivity index (χ3n) is 2.55. The summed E-state index contributed by atoms with van der Waals surface area (Å²) in [5, 5.41) is 11.1. The summed E-state index contributed by atoms with van der Waals surface area (Å²) in [6.07, 6.45) is 0. The zero-order chi connectivity index (χ0) is 15.6. The molecule has 1 heterocycles. The molecular formula is C12H11FN2O4S2. The summed E-state index contributed by atoms with van der Waals surface area (Å²) >= 11 is 1.27. The topological polar surface area (TPSA) is 96.4 Å². The summed E-state index contributed by atoms with van der Waals surface area (Å²) in [6, 6.07) is 2.60. The number of aryl methyl sites for hydroxylation is 1. The van der Waals surface area contributed by atoms with E-state index >= 15 is 0 Å². The van der Waals surface area contributed by atoms with Gasteiger partial charge < -0.3 is 5.11 Å². The van der Waals surface area contributed by atoms with Gasteiger partial charge >= 0.3 is 5.97 Å². The zero-order valence-electron chi connectivity index (χ0n) is 10.8. The van der Waals surface area contributed by atoms with Crippen LogP contribution in [0.2, 0.25) is 0 Å². The molecule has 21 heavy (non-hydrogen) atoms. The lowest BCUT2D eigenvalue weighted by molar-refractivity contribution is 0.0696. The number of aromatic carboxylic acids is 1. The minimum Gasteiger partial charge on any atom is -0.478 e. The molecule has 0 aliphatic carbocycles. The van der Waals surface area contributed by atoms with Gasteiger partial charge in [0.15, 0.2) is 0 Å². The molecule has 112 valence electrons. The Hall–Kier alpha value is -1.84. The fourth-order valence-corrected chi connectivity index (χ4v) is 3.45. The maximum Gasteiger partial charge on any atom is 0.335 e. The van der Waals surface area contributed by atoms with Crippen LogP contribution in [-0.4, -0.2) is 24.5 Å². The van der Waals surface area contributed by atoms with Gasteiger partial charge in [0.1, 0.15) is 15.7 Å². The second kappa shape index (κ2) is 5.88. The molecule has 6 nitrogen and oxygen atoms in total. The van der Waals surface area contributed by atoms with Crippen LogP contribution in [0.25, 0.3) is 0 Å². The van der Waals surface area contributed by atoms with Crippen molar-refractivity contribution in [2.24, 2.45) is 0 Å². The minimum atomic E-state index is -4.16. The van der Waals surface area contributed by atoms with Gasteiger partial charge in [-0.05, 0) is 25.1 Å². The van der Waals surface area contributed by atoms with Gasteiger partial charge in [0.05, 0.1) is 12.1 Å². The van der Waals surface area contributed by atoms with E-state index in [-0.39, 0.29) is 12.1 Å². The SMILES string of the molecule is Cc1csc(CNS(=O)(=O)c2cc(C(=O)O)ccc2F)n1. The van der Waals surface area contributed by atoms with E-state index in [0.29, 0.717) is 5.01 Å². The number of nitrogens with one attached hydrogen (secondary N) is 1. The third kappa shape index (κ3) is 3.63. The lowest BCUT2D eigenvalue weighted by Crippen LogP contribution is -2.24. The highest BCUT2D eigenvalue weighted by atomic mass is 32.2. The molecule has 0 bridgehead atoms. The molecule has 0 spiro atoms. The quantitative estimate of drug-likeness (QED) is 0.871. The first kappa shape index (κ1) is 15.5. The van der Waals surface area contributed by atoms with E-state index in [1.165, 1.54) is 11.3 Å². The van der Waals surface area contributed by atoms with Crippen molar-refractivity contribution in [1.29, 1.82) is 0 Å². The molecule has 0 amide bonds. The number of hydrogen-bond acceptors (Lipinski definition) is 5. The van der Waals surface area contributed by atoms with E-state index in [1.807, 2.05) is 0 Å². The van der Waals surface area contributed by atoms with Crippen LogP contribution in [0.1, 0.15) is 21.1 Å². The molecule has 0 fully saturated rings. The van der Waals surface area contributed by atoms with E-state index in [1.54, 1.807) is 12.3 Å². The Labute approximate surface area is 124 Å². The smallest absolute Gasteiger partial charge is 0.335 e. The van der Waals surface area contributed by atoms with Gasteiger partial charge in [-0.2, -0.15) is 0 Å². The van der Waals surface area contributed by atoms with Crippen molar-refractivity contribution in [3.05, 3.63) is 45.7 Å². The fraction of sp³-hybridized carbons (Fsp3) is 0.167. The number of sulfonamides is 1. The Morgan fingerprint density at radius 2 is 2.19 bits per heavy atom. The Balaban J connectivity index is 2.26. The van der Waals surface area contributed by atoms with Crippen molar-refractivity contribution in [3.63, 3.8) is 0 Å². The molecule has 0 unspecified atom stereocenters. The molecular weight excluding hydrogens is 319 g/mol. The first-order valence-corrected chi connectivity index (χ1v) is 8.09. The van der Waals surface area contributed by atoms with E-state index in [2.05, 4.69) is 9.71 Å². The maximum atomic E-state index is 13.6. The van der Waals surface area contributed by atoms with E-state index in [0.717, 1.165) is 23.9 Å². The predicted octanol–water partition coefficient (Wildman–Crippen LogP) is 1.77. The third-order valence-corrected chi connectivity index (χ3v) is 4.93. The molecule has 0 saturated heterocycles. The van der Waals surface area contributed by atoms with Gasteiger partial charge in [0.25, 0.3) is 0 Å². The lowest BCUT2D eigenvalue weighted by Gasteiger charge is -2.07. The summed E-state index contributed by atoms with van der Waals surface area (Å²) in [5.74, 6) is -2.34. The van der Waals surface area contributed by atoms with Crippen molar-refractivity contribution in [3.8, 4) is 0 Å². The molecule has 0 aliphatic rings. The number of rotatable bonds is 5. The number of aromatic nitrogens is 1. The molecule has 2 aromatic rings. The lowest BCUT2D eigenvalue weighted by atomic mass is 10.2. The average Bonchev–Trinajstić information content (AvgIpc) is 2.82. The highest BCUT2D eigenvalue weighted by molar-refractivity contribution is 7.89. The van der Waals surface area contributed by atoms with Crippen molar-refractivity contribution in [2.45, 2.75) is 18.4 Å². The molecule has 1 aromatic carbocycles. The number of carboxylic acid groups (broad SMARTS) is 1. The van der Waals surface area contributed by atoms with Crippen LogP contribution in [0.3, 0.4) is 0 Å². The van der Waals surface area contributed by atoms with Crippen LogP contribution in [0.5, 0.6) is 0 Å². The standard InChI is InChI=1S/C12H11FN2O4S2/c1-7-6-20-11(15-7)5-14-21(18,19)10-4-8(12(16)17)2-3-9(10)13/h2-4,6,14H,5H2,1H3,(H,16,17). The molecule has 0 aliphatic heterocycles. The summed E-state index contributed by atoms with van der Waals surface area (Å²) in [5.41, 5.74) is 0.454. The largest absolute Gasteiger partial charge is 0.478 e. The average molecular weight is 330 g/mol. The van der Waals surface area contributed by atoms with Crippen molar-refractivity contribution in [2.75, 3.05) is 0 Å². The van der Waals surface area contributed by atoms with Gasteiger partial charge in [0.2, 0.25) is 10.0 Å². The first-order valence-electron chi connectivity index (χ1n) is 5.73. The number of carbonyl (C=O) groups is 1. The number of halogens is 1. The van der Waals surface area contributed by atoms with Gasteiger partial charge in [-0.15, -0.1) is 11.3 Å². The normalized spacial score (nSPS) is 11.5. The number of nitrogens with zero attached hydrogens (tertiary/aromatic N) is 1. The second-order valence-corrected chi connectivity index (χ2v) is 6.84. The Morgan fingerprint density at radius 1 is 1.48 bits per heavy atom. The van der Waals surface area contributed by atoms with Crippen LogP contribution < -0.4 is 4.72 Å². The van der Waals surface area contributed by atoms with Crippen LogP contribution >= 0.6 is 11.3 Å². The highest BCUT2D eigenvalue weighted by Gasteiger charge is 2.21. The molecule has 2 rings (SSSR count). The van der Waals surface area contributed by atoms with Crippen LogP contribution in [-0.2, 0) is 16.6 Å². The van der Waals surface area contributed by atoms with Gasteiger partial charge in [-0.3, -0.25) is 0 Å². The number of thiazole rings is 1. The zero-order valence-corrected chi connectivity index (χ0v) is 12.5. The molecule has 9 heteroatoms. The Morgan fingerprint density at radius 3 is 2.76 bits per heavy atom. The number of carboxylic acids is 1. The van der Waals surface area contributed by atoms with Crippen LogP contribution in [0.4, 0.5) is 4.39 Å².